The molecule has 1 aliphatic heterocycles. The fraction of sp³-hybridized carbons (Fsp3) is 0.938. The Kier molecular flexibility index (Phi) is 5.85. The first-order chi connectivity index (χ1) is 9.58. The first-order valence-corrected chi connectivity index (χ1v) is 8.27. The summed E-state index contributed by atoms with van der Waals surface area (Å²) in [6.45, 7) is 7.62. The molecule has 0 aromatic carbocycles. The first kappa shape index (κ1) is 15.8. The summed E-state index contributed by atoms with van der Waals surface area (Å²) in [4.78, 5) is 13.5. The van der Waals surface area contributed by atoms with Gasteiger partial charge in [-0.25, -0.2) is 0 Å². The van der Waals surface area contributed by atoms with Gasteiger partial charge >= 0.3 is 5.97 Å². The second kappa shape index (κ2) is 7.41. The predicted octanol–water partition coefficient (Wildman–Crippen LogP) is 2.34. The zero-order chi connectivity index (χ0) is 14.5. The number of nitrogens with zero attached hydrogens (tertiary/aromatic N) is 1. The van der Waals surface area contributed by atoms with Crippen molar-refractivity contribution >= 4 is 5.97 Å². The topological polar surface area (TPSA) is 52.6 Å². The molecule has 0 aromatic rings. The van der Waals surface area contributed by atoms with Crippen molar-refractivity contribution in [3.8, 4) is 0 Å². The van der Waals surface area contributed by atoms with Crippen LogP contribution >= 0.6 is 0 Å². The maximum Gasteiger partial charge on any atom is 0.303 e. The monoisotopic (exact) mass is 282 g/mol. The summed E-state index contributed by atoms with van der Waals surface area (Å²) in [5.74, 6) is 0.514. The van der Waals surface area contributed by atoms with Crippen LogP contribution in [-0.2, 0) is 4.79 Å². The van der Waals surface area contributed by atoms with Crippen molar-refractivity contribution in [3.05, 3.63) is 0 Å². The molecule has 0 amide bonds. The van der Waals surface area contributed by atoms with E-state index in [4.69, 9.17) is 5.11 Å². The van der Waals surface area contributed by atoms with Crippen LogP contribution in [0.2, 0.25) is 0 Å². The van der Waals surface area contributed by atoms with E-state index >= 15 is 0 Å². The SMILES string of the molecule is CCC(C)N1CC(CC(=O)O)CC(NCC2CCC2)C1. The lowest BCUT2D eigenvalue weighted by Gasteiger charge is -2.41. The third kappa shape index (κ3) is 4.45. The van der Waals surface area contributed by atoms with Crippen LogP contribution in [-0.4, -0.2) is 47.7 Å². The molecule has 1 saturated heterocycles. The van der Waals surface area contributed by atoms with Crippen molar-refractivity contribution in [3.63, 3.8) is 0 Å². The lowest BCUT2D eigenvalue weighted by Crippen LogP contribution is -2.53. The third-order valence-corrected chi connectivity index (χ3v) is 5.16. The second-order valence-electron chi connectivity index (χ2n) is 6.81. The summed E-state index contributed by atoms with van der Waals surface area (Å²) >= 11 is 0. The average molecular weight is 282 g/mol. The molecule has 0 aromatic heterocycles. The standard InChI is InChI=1S/C16H30N2O2/c1-3-12(2)18-10-14(8-16(19)20)7-15(11-18)17-9-13-5-4-6-13/h12-15,17H,3-11H2,1-2H3,(H,19,20). The lowest BCUT2D eigenvalue weighted by atomic mass is 9.84. The Balaban J connectivity index is 1.86. The van der Waals surface area contributed by atoms with Crippen LogP contribution in [0, 0.1) is 11.8 Å². The Morgan fingerprint density at radius 3 is 2.65 bits per heavy atom. The van der Waals surface area contributed by atoms with Gasteiger partial charge in [-0.2, -0.15) is 0 Å². The van der Waals surface area contributed by atoms with Crippen LogP contribution in [0.3, 0.4) is 0 Å². The smallest absolute Gasteiger partial charge is 0.303 e. The molecule has 3 unspecified atom stereocenters. The third-order valence-electron chi connectivity index (χ3n) is 5.16. The molecule has 1 heterocycles. The highest BCUT2D eigenvalue weighted by atomic mass is 16.4. The molecule has 0 spiro atoms. The van der Waals surface area contributed by atoms with Crippen LogP contribution in [0.15, 0.2) is 0 Å². The van der Waals surface area contributed by atoms with Crippen molar-refractivity contribution in [2.75, 3.05) is 19.6 Å². The fourth-order valence-corrected chi connectivity index (χ4v) is 3.43. The quantitative estimate of drug-likeness (QED) is 0.752. The van der Waals surface area contributed by atoms with Crippen LogP contribution in [0.25, 0.3) is 0 Å². The lowest BCUT2D eigenvalue weighted by molar-refractivity contribution is -0.138. The maximum absolute atomic E-state index is 11.0. The van der Waals surface area contributed by atoms with Gasteiger partial charge in [-0.05, 0) is 51.0 Å². The molecule has 0 radical (unpaired) electrons. The molecule has 2 aliphatic rings. The molecule has 4 nitrogen and oxygen atoms in total. The number of rotatable bonds is 7. The summed E-state index contributed by atoms with van der Waals surface area (Å²) in [6.07, 6.45) is 6.59. The van der Waals surface area contributed by atoms with Gasteiger partial charge < -0.3 is 10.4 Å². The molecule has 3 atom stereocenters. The molecule has 116 valence electrons. The van der Waals surface area contributed by atoms with Gasteiger partial charge in [0.05, 0.1) is 0 Å². The van der Waals surface area contributed by atoms with Crippen LogP contribution in [0.5, 0.6) is 0 Å². The minimum absolute atomic E-state index is 0.300. The molecule has 20 heavy (non-hydrogen) atoms. The van der Waals surface area contributed by atoms with E-state index in [1.807, 2.05) is 0 Å². The first-order valence-electron chi connectivity index (χ1n) is 8.27. The van der Waals surface area contributed by atoms with Gasteiger partial charge in [0.2, 0.25) is 0 Å². The van der Waals surface area contributed by atoms with Crippen molar-refractivity contribution in [1.29, 1.82) is 0 Å². The number of hydrogen-bond acceptors (Lipinski definition) is 3. The normalized spacial score (nSPS) is 29.9. The summed E-state index contributed by atoms with van der Waals surface area (Å²) in [7, 11) is 0. The highest BCUT2D eigenvalue weighted by Gasteiger charge is 2.31. The Hall–Kier alpha value is -0.610. The largest absolute Gasteiger partial charge is 0.481 e. The van der Waals surface area contributed by atoms with Gasteiger partial charge in [0.15, 0.2) is 0 Å². The summed E-state index contributed by atoms with van der Waals surface area (Å²) < 4.78 is 0. The molecule has 1 saturated carbocycles. The Morgan fingerprint density at radius 1 is 1.35 bits per heavy atom. The van der Waals surface area contributed by atoms with E-state index in [0.717, 1.165) is 38.4 Å². The maximum atomic E-state index is 11.0. The van der Waals surface area contributed by atoms with Gasteiger partial charge in [-0.3, -0.25) is 9.69 Å². The molecular weight excluding hydrogens is 252 g/mol. The van der Waals surface area contributed by atoms with E-state index < -0.39 is 5.97 Å². The van der Waals surface area contributed by atoms with Gasteiger partial charge in [0.25, 0.3) is 0 Å². The van der Waals surface area contributed by atoms with Crippen molar-refractivity contribution < 1.29 is 9.90 Å². The zero-order valence-electron chi connectivity index (χ0n) is 13.0. The molecule has 2 rings (SSSR count). The predicted molar refractivity (Wildman–Crippen MR) is 80.8 cm³/mol. The Labute approximate surface area is 122 Å². The number of carbonyl (C=O) groups is 1. The molecule has 0 bridgehead atoms. The van der Waals surface area contributed by atoms with E-state index in [1.54, 1.807) is 0 Å². The minimum Gasteiger partial charge on any atom is -0.481 e. The van der Waals surface area contributed by atoms with Crippen LogP contribution in [0.4, 0.5) is 0 Å². The summed E-state index contributed by atoms with van der Waals surface area (Å²) in [6, 6.07) is 1.03. The Morgan fingerprint density at radius 2 is 2.10 bits per heavy atom. The van der Waals surface area contributed by atoms with Crippen molar-refractivity contribution in [1.82, 2.24) is 10.2 Å². The van der Waals surface area contributed by atoms with Gasteiger partial charge in [0, 0.05) is 31.6 Å². The average Bonchev–Trinajstić information content (AvgIpc) is 2.35. The molecule has 4 heteroatoms. The van der Waals surface area contributed by atoms with Crippen LogP contribution in [0.1, 0.15) is 52.4 Å². The van der Waals surface area contributed by atoms with E-state index in [-0.39, 0.29) is 0 Å². The van der Waals surface area contributed by atoms with E-state index in [9.17, 15) is 4.79 Å². The molecule has 1 aliphatic carbocycles. The molecular formula is C16H30N2O2. The minimum atomic E-state index is -0.654. The second-order valence-corrected chi connectivity index (χ2v) is 6.81. The van der Waals surface area contributed by atoms with E-state index in [0.29, 0.717) is 24.4 Å². The number of carboxylic acids is 1. The number of hydrogen-bond donors (Lipinski definition) is 2. The zero-order valence-corrected chi connectivity index (χ0v) is 13.0. The molecule has 2 fully saturated rings. The van der Waals surface area contributed by atoms with Gasteiger partial charge in [-0.1, -0.05) is 13.3 Å². The summed E-state index contributed by atoms with van der Waals surface area (Å²) in [5, 5.41) is 12.8. The number of carboxylic acid groups (broad SMARTS) is 1. The highest BCUT2D eigenvalue weighted by Crippen LogP contribution is 2.27. The number of likely N-dealkylation sites (tertiary alicyclic amines) is 1. The van der Waals surface area contributed by atoms with E-state index in [1.165, 1.54) is 19.3 Å². The fourth-order valence-electron chi connectivity index (χ4n) is 3.43. The van der Waals surface area contributed by atoms with Gasteiger partial charge in [-0.15, -0.1) is 0 Å². The Bertz CT molecular complexity index is 318. The van der Waals surface area contributed by atoms with Crippen LogP contribution < -0.4 is 5.32 Å². The molecule has 2 N–H and O–H groups in total. The highest BCUT2D eigenvalue weighted by molar-refractivity contribution is 5.67. The van der Waals surface area contributed by atoms with Crippen molar-refractivity contribution in [2.24, 2.45) is 11.8 Å². The summed E-state index contributed by atoms with van der Waals surface area (Å²) in [5.41, 5.74) is 0. The number of aliphatic carboxylic acids is 1. The number of nitrogens with one attached hydrogen (secondary N) is 1. The van der Waals surface area contributed by atoms with Gasteiger partial charge in [0.1, 0.15) is 0 Å². The van der Waals surface area contributed by atoms with E-state index in [2.05, 4.69) is 24.1 Å². The van der Waals surface area contributed by atoms with Crippen molar-refractivity contribution in [2.45, 2.75) is 64.5 Å². The number of piperidine rings is 1.